The van der Waals surface area contributed by atoms with Gasteiger partial charge in [-0.1, -0.05) is 0 Å². The summed E-state index contributed by atoms with van der Waals surface area (Å²) >= 11 is 1.38. The van der Waals surface area contributed by atoms with Crippen molar-refractivity contribution < 1.29 is 9.69 Å². The third-order valence-electron chi connectivity index (χ3n) is 4.27. The van der Waals surface area contributed by atoms with E-state index in [0.717, 1.165) is 32.1 Å². The van der Waals surface area contributed by atoms with Gasteiger partial charge in [-0.2, -0.15) is 5.26 Å². The van der Waals surface area contributed by atoms with Crippen molar-refractivity contribution in [1.82, 2.24) is 9.97 Å². The molecule has 2 N–H and O–H groups in total. The molecule has 2 aromatic heterocycles. The lowest BCUT2D eigenvalue weighted by atomic mass is 10.2. The van der Waals surface area contributed by atoms with Gasteiger partial charge < -0.3 is 15.1 Å². The van der Waals surface area contributed by atoms with Crippen molar-refractivity contribution in [3.8, 4) is 6.07 Å². The van der Waals surface area contributed by atoms with Gasteiger partial charge in [0.2, 0.25) is 5.95 Å². The quantitative estimate of drug-likeness (QED) is 0.825. The normalized spacial score (nSPS) is 16.4. The second-order valence-electron chi connectivity index (χ2n) is 5.68. The summed E-state index contributed by atoms with van der Waals surface area (Å²) in [6.45, 7) is 5.27. The Bertz CT molecular complexity index is 733. The van der Waals surface area contributed by atoms with Gasteiger partial charge in [0, 0.05) is 12.4 Å². The molecule has 1 aliphatic heterocycles. The molecule has 1 atom stereocenters. The highest BCUT2D eigenvalue weighted by molar-refractivity contribution is 7.14. The molecule has 0 bridgehead atoms. The van der Waals surface area contributed by atoms with Gasteiger partial charge >= 0.3 is 0 Å². The van der Waals surface area contributed by atoms with Crippen molar-refractivity contribution >= 4 is 28.2 Å². The van der Waals surface area contributed by atoms with E-state index in [2.05, 4.69) is 26.3 Å². The number of hydrogen-bond donors (Lipinski definition) is 2. The van der Waals surface area contributed by atoms with E-state index in [-0.39, 0.29) is 11.9 Å². The summed E-state index contributed by atoms with van der Waals surface area (Å²) in [5, 5.41) is 14.3. The molecule has 3 heterocycles. The zero-order valence-electron chi connectivity index (χ0n) is 13.4. The Hall–Kier alpha value is -2.50. The largest absolute Gasteiger partial charge is 0.330 e. The van der Waals surface area contributed by atoms with E-state index in [0.29, 0.717) is 10.6 Å². The summed E-state index contributed by atoms with van der Waals surface area (Å²) < 4.78 is 0. The lowest BCUT2D eigenvalue weighted by Gasteiger charge is -2.34. The molecule has 124 valence electrons. The first kappa shape index (κ1) is 16.4. The highest BCUT2D eigenvalue weighted by atomic mass is 32.1. The van der Waals surface area contributed by atoms with Crippen LogP contribution in [0.1, 0.15) is 12.5 Å². The third kappa shape index (κ3) is 3.53. The number of thiophene rings is 1. The minimum Gasteiger partial charge on any atom is -0.330 e. The van der Waals surface area contributed by atoms with Crippen molar-refractivity contribution in [2.75, 3.05) is 36.4 Å². The molecule has 24 heavy (non-hydrogen) atoms. The number of hydrogen-bond acceptors (Lipinski definition) is 6. The Morgan fingerprint density at radius 2 is 2.12 bits per heavy atom. The van der Waals surface area contributed by atoms with Gasteiger partial charge in [0.05, 0.1) is 31.7 Å². The van der Waals surface area contributed by atoms with E-state index < -0.39 is 0 Å². The Morgan fingerprint density at radius 3 is 2.79 bits per heavy atom. The summed E-state index contributed by atoms with van der Waals surface area (Å²) in [6.07, 6.45) is 3.48. The van der Waals surface area contributed by atoms with Crippen LogP contribution >= 0.6 is 11.3 Å². The summed E-state index contributed by atoms with van der Waals surface area (Å²) in [7, 11) is 0. The second kappa shape index (κ2) is 7.38. The molecular weight excluding hydrogens is 324 g/mol. The highest BCUT2D eigenvalue weighted by Gasteiger charge is 2.30. The van der Waals surface area contributed by atoms with Crippen LogP contribution in [0.3, 0.4) is 0 Å². The molecule has 1 fully saturated rings. The fraction of sp³-hybridized carbons (Fsp3) is 0.375. The number of amides is 1. The van der Waals surface area contributed by atoms with Gasteiger partial charge in [-0.25, -0.2) is 9.97 Å². The van der Waals surface area contributed by atoms with Gasteiger partial charge in [-0.15, -0.1) is 11.3 Å². The number of piperazine rings is 1. The van der Waals surface area contributed by atoms with Crippen molar-refractivity contribution in [3.63, 3.8) is 0 Å². The van der Waals surface area contributed by atoms with Crippen LogP contribution in [0.5, 0.6) is 0 Å². The molecule has 1 amide bonds. The van der Waals surface area contributed by atoms with Crippen LogP contribution in [0, 0.1) is 11.3 Å². The monoisotopic (exact) mass is 343 g/mol. The lowest BCUT2D eigenvalue weighted by Crippen LogP contribution is -3.19. The number of nitriles is 1. The maximum atomic E-state index is 12.5. The van der Waals surface area contributed by atoms with E-state index >= 15 is 0 Å². The summed E-state index contributed by atoms with van der Waals surface area (Å²) in [5.74, 6) is 0.694. The van der Waals surface area contributed by atoms with Gasteiger partial charge in [0.15, 0.2) is 6.04 Å². The van der Waals surface area contributed by atoms with Crippen molar-refractivity contribution in [2.45, 2.75) is 13.0 Å². The minimum atomic E-state index is -0.169. The molecule has 7 nitrogen and oxygen atoms in total. The zero-order chi connectivity index (χ0) is 16.9. The standard InChI is InChI=1S/C16H18N6OS/c1-12(14(23)20-15-13(11-17)3-10-24-15)21-6-8-22(9-7-21)16-18-4-2-5-19-16/h2-5,10,12H,6-9H2,1H3,(H,20,23)/p+1/t12-/m0/s1. The first-order valence-electron chi connectivity index (χ1n) is 7.84. The van der Waals surface area contributed by atoms with E-state index in [9.17, 15) is 4.79 Å². The Kier molecular flexibility index (Phi) is 5.03. The SMILES string of the molecule is C[C@@H](C(=O)Nc1sccc1C#N)[NH+]1CCN(c2ncccn2)CC1. The fourth-order valence-electron chi connectivity index (χ4n) is 2.78. The number of carbonyl (C=O) groups is 1. The van der Waals surface area contributed by atoms with Crippen LogP contribution in [0.15, 0.2) is 29.9 Å². The van der Waals surface area contributed by atoms with Crippen molar-refractivity contribution in [3.05, 3.63) is 35.5 Å². The van der Waals surface area contributed by atoms with Gasteiger partial charge in [-0.3, -0.25) is 4.79 Å². The van der Waals surface area contributed by atoms with E-state index in [1.165, 1.54) is 16.2 Å². The highest BCUT2D eigenvalue weighted by Crippen LogP contribution is 2.22. The number of aromatic nitrogens is 2. The van der Waals surface area contributed by atoms with Gasteiger partial charge in [0.1, 0.15) is 11.1 Å². The smallest absolute Gasteiger partial charge is 0.283 e. The maximum Gasteiger partial charge on any atom is 0.283 e. The number of anilines is 2. The van der Waals surface area contributed by atoms with Crippen LogP contribution in [-0.2, 0) is 4.79 Å². The second-order valence-corrected chi connectivity index (χ2v) is 6.60. The number of rotatable bonds is 4. The molecule has 0 spiro atoms. The first-order valence-corrected chi connectivity index (χ1v) is 8.72. The molecule has 0 saturated carbocycles. The van der Waals surface area contributed by atoms with E-state index in [1.54, 1.807) is 24.5 Å². The number of nitrogens with one attached hydrogen (secondary N) is 2. The van der Waals surface area contributed by atoms with Crippen molar-refractivity contribution in [1.29, 1.82) is 5.26 Å². The number of carbonyl (C=O) groups excluding carboxylic acids is 1. The molecule has 1 saturated heterocycles. The molecule has 0 aliphatic carbocycles. The third-order valence-corrected chi connectivity index (χ3v) is 5.10. The Balaban J connectivity index is 1.56. The summed E-state index contributed by atoms with van der Waals surface area (Å²) in [5.41, 5.74) is 0.515. The molecule has 8 heteroatoms. The van der Waals surface area contributed by atoms with Crippen LogP contribution in [0.2, 0.25) is 0 Å². The molecule has 0 radical (unpaired) electrons. The first-order chi connectivity index (χ1) is 11.7. The topological polar surface area (TPSA) is 86.4 Å². The Morgan fingerprint density at radius 1 is 1.42 bits per heavy atom. The van der Waals surface area contributed by atoms with Gasteiger partial charge in [-0.05, 0) is 24.4 Å². The van der Waals surface area contributed by atoms with E-state index in [1.807, 2.05) is 12.3 Å². The minimum absolute atomic E-state index is 0.0478. The molecule has 3 rings (SSSR count). The average molecular weight is 343 g/mol. The van der Waals surface area contributed by atoms with Crippen LogP contribution < -0.4 is 15.1 Å². The predicted molar refractivity (Wildman–Crippen MR) is 92.1 cm³/mol. The average Bonchev–Trinajstić information content (AvgIpc) is 3.09. The maximum absolute atomic E-state index is 12.5. The fourth-order valence-corrected chi connectivity index (χ4v) is 3.52. The predicted octanol–water partition coefficient (Wildman–Crippen LogP) is 0.142. The molecule has 0 aromatic carbocycles. The zero-order valence-corrected chi connectivity index (χ0v) is 14.2. The van der Waals surface area contributed by atoms with Crippen LogP contribution in [0.25, 0.3) is 0 Å². The lowest BCUT2D eigenvalue weighted by molar-refractivity contribution is -0.914. The van der Waals surface area contributed by atoms with Gasteiger partial charge in [0.25, 0.3) is 5.91 Å². The number of quaternary nitrogens is 1. The molecule has 2 aromatic rings. The summed E-state index contributed by atoms with van der Waals surface area (Å²) in [6, 6.07) is 5.44. The molecule has 0 unspecified atom stereocenters. The molecular formula is C16H19N6OS+. The number of nitrogens with zero attached hydrogens (tertiary/aromatic N) is 4. The Labute approximate surface area is 144 Å². The summed E-state index contributed by atoms with van der Waals surface area (Å²) in [4.78, 5) is 24.4. The van der Waals surface area contributed by atoms with Crippen LogP contribution in [0.4, 0.5) is 10.9 Å². The van der Waals surface area contributed by atoms with E-state index in [4.69, 9.17) is 5.26 Å². The molecule has 1 aliphatic rings. The van der Waals surface area contributed by atoms with Crippen molar-refractivity contribution in [2.24, 2.45) is 0 Å². The van der Waals surface area contributed by atoms with Crippen LogP contribution in [-0.4, -0.2) is 48.1 Å².